The zero-order chi connectivity index (χ0) is 16.3. The van der Waals surface area contributed by atoms with Crippen LogP contribution >= 0.6 is 0 Å². The van der Waals surface area contributed by atoms with Crippen molar-refractivity contribution in [3.8, 4) is 0 Å². The Balaban J connectivity index is 2.14. The lowest BCUT2D eigenvalue weighted by atomic mass is 9.82. The number of hydrogen-bond acceptors (Lipinski definition) is 2. The average Bonchev–Trinajstić information content (AvgIpc) is 2.56. The number of benzene rings is 2. The van der Waals surface area contributed by atoms with Gasteiger partial charge in [-0.15, -0.1) is 6.58 Å². The molecule has 0 bridgehead atoms. The van der Waals surface area contributed by atoms with Crippen LogP contribution in [0.3, 0.4) is 0 Å². The molecule has 0 aromatic heterocycles. The Bertz CT molecular complexity index is 767. The van der Waals surface area contributed by atoms with Crippen LogP contribution in [0, 0.1) is 0 Å². The Morgan fingerprint density at radius 3 is 2.39 bits per heavy atom. The summed E-state index contributed by atoms with van der Waals surface area (Å²) < 4.78 is 0. The first-order valence-corrected chi connectivity index (χ1v) is 7.86. The summed E-state index contributed by atoms with van der Waals surface area (Å²) in [5, 5.41) is 0. The molecule has 2 heteroatoms. The monoisotopic (exact) mass is 302 g/mol. The van der Waals surface area contributed by atoms with Gasteiger partial charge in [-0.05, 0) is 40.3 Å². The van der Waals surface area contributed by atoms with Crippen LogP contribution in [0.15, 0.2) is 79.4 Å². The molecule has 1 aliphatic rings. The van der Waals surface area contributed by atoms with Crippen LogP contribution in [0.5, 0.6) is 0 Å². The van der Waals surface area contributed by atoms with E-state index < -0.39 is 5.66 Å². The van der Waals surface area contributed by atoms with E-state index in [0.29, 0.717) is 6.42 Å². The van der Waals surface area contributed by atoms with E-state index in [4.69, 9.17) is 11.5 Å². The third-order valence-corrected chi connectivity index (χ3v) is 4.12. The summed E-state index contributed by atoms with van der Waals surface area (Å²) in [6.45, 7) is 3.86. The standard InChI is InChI=1S/C21H22N2/c1-2-8-16-11-6-7-12-18(16)20-15-21(22,23)14-13-19(20)17-9-4-3-5-10-17/h2-7,9-13,15H,1,8,14,22-23H2. The molecule has 2 nitrogen and oxygen atoms in total. The molecule has 0 radical (unpaired) electrons. The van der Waals surface area contributed by atoms with Crippen LogP contribution in [0.1, 0.15) is 23.1 Å². The van der Waals surface area contributed by atoms with E-state index in [1.165, 1.54) is 22.3 Å². The van der Waals surface area contributed by atoms with Gasteiger partial charge < -0.3 is 11.5 Å². The van der Waals surface area contributed by atoms with Gasteiger partial charge in [0.15, 0.2) is 0 Å². The molecule has 23 heavy (non-hydrogen) atoms. The molecule has 3 rings (SSSR count). The Labute approximate surface area is 137 Å². The van der Waals surface area contributed by atoms with Gasteiger partial charge in [0, 0.05) is 6.42 Å². The Hall–Kier alpha value is -2.42. The molecular weight excluding hydrogens is 280 g/mol. The lowest BCUT2D eigenvalue weighted by molar-refractivity contribution is 0.560. The van der Waals surface area contributed by atoms with E-state index in [2.05, 4.69) is 61.2 Å². The first kappa shape index (κ1) is 15.5. The van der Waals surface area contributed by atoms with E-state index in [1.807, 2.05) is 18.2 Å². The van der Waals surface area contributed by atoms with E-state index in [9.17, 15) is 0 Å². The van der Waals surface area contributed by atoms with Crippen molar-refractivity contribution in [2.24, 2.45) is 11.5 Å². The normalized spacial score (nSPS) is 16.4. The highest BCUT2D eigenvalue weighted by Crippen LogP contribution is 2.37. The number of hydrogen-bond donors (Lipinski definition) is 2. The van der Waals surface area contributed by atoms with Gasteiger partial charge in [-0.2, -0.15) is 0 Å². The number of allylic oxidation sites excluding steroid dienone is 3. The quantitative estimate of drug-likeness (QED) is 0.665. The molecule has 116 valence electrons. The van der Waals surface area contributed by atoms with Crippen LogP contribution in [0.2, 0.25) is 0 Å². The molecule has 0 saturated heterocycles. The first-order valence-electron chi connectivity index (χ1n) is 7.86. The van der Waals surface area contributed by atoms with Crippen molar-refractivity contribution in [3.63, 3.8) is 0 Å². The number of rotatable bonds is 4. The van der Waals surface area contributed by atoms with Crippen molar-refractivity contribution in [2.45, 2.75) is 18.5 Å². The van der Waals surface area contributed by atoms with Crippen molar-refractivity contribution in [1.29, 1.82) is 0 Å². The Morgan fingerprint density at radius 1 is 0.957 bits per heavy atom. The van der Waals surface area contributed by atoms with Gasteiger partial charge in [-0.1, -0.05) is 66.7 Å². The predicted octanol–water partition coefficient (Wildman–Crippen LogP) is 3.90. The van der Waals surface area contributed by atoms with Gasteiger partial charge >= 0.3 is 0 Å². The third-order valence-electron chi connectivity index (χ3n) is 4.12. The van der Waals surface area contributed by atoms with E-state index in [0.717, 1.165) is 12.0 Å². The molecule has 0 spiro atoms. The maximum atomic E-state index is 6.21. The fourth-order valence-electron chi connectivity index (χ4n) is 3.02. The lowest BCUT2D eigenvalue weighted by Gasteiger charge is -2.28. The summed E-state index contributed by atoms with van der Waals surface area (Å²) in [7, 11) is 0. The highest BCUT2D eigenvalue weighted by molar-refractivity contribution is 6.06. The molecule has 1 aliphatic carbocycles. The number of nitrogens with two attached hydrogens (primary N) is 2. The molecular formula is C21H22N2. The smallest absolute Gasteiger partial charge is 0.0873 e. The minimum Gasteiger partial charge on any atom is -0.310 e. The van der Waals surface area contributed by atoms with Crippen molar-refractivity contribution in [2.75, 3.05) is 0 Å². The Morgan fingerprint density at radius 2 is 1.65 bits per heavy atom. The maximum absolute atomic E-state index is 6.21. The predicted molar refractivity (Wildman–Crippen MR) is 98.5 cm³/mol. The second kappa shape index (κ2) is 6.37. The van der Waals surface area contributed by atoms with Crippen molar-refractivity contribution in [1.82, 2.24) is 0 Å². The summed E-state index contributed by atoms with van der Waals surface area (Å²) in [4.78, 5) is 0. The highest BCUT2D eigenvalue weighted by Gasteiger charge is 2.25. The molecule has 2 aromatic carbocycles. The second-order valence-electron chi connectivity index (χ2n) is 6.01. The fourth-order valence-corrected chi connectivity index (χ4v) is 3.02. The second-order valence-corrected chi connectivity index (χ2v) is 6.01. The largest absolute Gasteiger partial charge is 0.310 e. The lowest BCUT2D eigenvalue weighted by Crippen LogP contribution is -2.48. The van der Waals surface area contributed by atoms with Crippen molar-refractivity contribution in [3.05, 3.63) is 96.1 Å². The van der Waals surface area contributed by atoms with Crippen LogP contribution in [0.25, 0.3) is 11.1 Å². The minimum atomic E-state index is -0.811. The van der Waals surface area contributed by atoms with Crippen LogP contribution < -0.4 is 11.5 Å². The van der Waals surface area contributed by atoms with Gasteiger partial charge in [0.1, 0.15) is 0 Å². The maximum Gasteiger partial charge on any atom is 0.0873 e. The highest BCUT2D eigenvalue weighted by atomic mass is 14.9. The summed E-state index contributed by atoms with van der Waals surface area (Å²) in [6.07, 6.45) is 7.51. The van der Waals surface area contributed by atoms with Gasteiger partial charge in [0.25, 0.3) is 0 Å². The summed E-state index contributed by atoms with van der Waals surface area (Å²) >= 11 is 0. The van der Waals surface area contributed by atoms with Gasteiger partial charge in [0.05, 0.1) is 5.66 Å². The van der Waals surface area contributed by atoms with Crippen molar-refractivity contribution >= 4 is 11.1 Å². The zero-order valence-electron chi connectivity index (χ0n) is 13.2. The third kappa shape index (κ3) is 3.34. The summed E-state index contributed by atoms with van der Waals surface area (Å²) in [5.41, 5.74) is 17.5. The van der Waals surface area contributed by atoms with Gasteiger partial charge in [-0.25, -0.2) is 0 Å². The molecule has 4 N–H and O–H groups in total. The van der Waals surface area contributed by atoms with Gasteiger partial charge in [0.2, 0.25) is 0 Å². The fraction of sp³-hybridized carbons (Fsp3) is 0.143. The van der Waals surface area contributed by atoms with Crippen LogP contribution in [-0.4, -0.2) is 5.66 Å². The van der Waals surface area contributed by atoms with Crippen LogP contribution in [-0.2, 0) is 6.42 Å². The minimum absolute atomic E-state index is 0.629. The SMILES string of the molecule is C=CCc1ccccc1C1=CC(N)(N)CC=C1c1ccccc1. The van der Waals surface area contributed by atoms with Crippen molar-refractivity contribution < 1.29 is 0 Å². The molecule has 0 heterocycles. The molecule has 2 aromatic rings. The average molecular weight is 302 g/mol. The first-order chi connectivity index (χ1) is 11.1. The molecule has 0 fully saturated rings. The topological polar surface area (TPSA) is 52.0 Å². The zero-order valence-corrected chi connectivity index (χ0v) is 13.2. The van der Waals surface area contributed by atoms with Gasteiger partial charge in [-0.3, -0.25) is 0 Å². The molecule has 0 saturated carbocycles. The van der Waals surface area contributed by atoms with Crippen LogP contribution in [0.4, 0.5) is 0 Å². The Kier molecular flexibility index (Phi) is 4.28. The summed E-state index contributed by atoms with van der Waals surface area (Å²) in [6, 6.07) is 18.7. The summed E-state index contributed by atoms with van der Waals surface area (Å²) in [5.74, 6) is 0. The van der Waals surface area contributed by atoms with E-state index >= 15 is 0 Å². The molecule has 0 aliphatic heterocycles. The molecule has 0 atom stereocenters. The van der Waals surface area contributed by atoms with E-state index in [1.54, 1.807) is 0 Å². The molecule has 0 unspecified atom stereocenters. The van der Waals surface area contributed by atoms with E-state index in [-0.39, 0.29) is 0 Å². The molecule has 0 amide bonds.